The molecule has 26 heavy (non-hydrogen) atoms. The van der Waals surface area contributed by atoms with Gasteiger partial charge < -0.3 is 9.84 Å². The summed E-state index contributed by atoms with van der Waals surface area (Å²) in [6, 6.07) is 3.70. The fraction of sp³-hybridized carbons (Fsp3) is 0.667. The van der Waals surface area contributed by atoms with Crippen LogP contribution in [0.15, 0.2) is 17.5 Å². The highest BCUT2D eigenvalue weighted by molar-refractivity contribution is 7.10. The number of carbonyl (C=O) groups excluding carboxylic acids is 1. The highest BCUT2D eigenvalue weighted by Gasteiger charge is 2.48. The zero-order valence-electron chi connectivity index (χ0n) is 16.2. The summed E-state index contributed by atoms with van der Waals surface area (Å²) >= 11 is 1.41. The van der Waals surface area contributed by atoms with Crippen LogP contribution in [-0.2, 0) is 15.1 Å². The standard InChI is InChI=1S/C21H31NO3S/c1-4-22(5-2)15-9-11-17(3)25-20(23)21(24,19-14-10-16-26-19)18-12-7-6-8-13-18/h10,14,16-18,24H,4-8,12-13,15H2,1-3H3. The molecule has 1 aliphatic rings. The molecule has 0 saturated heterocycles. The number of hydrogen-bond donors (Lipinski definition) is 1. The van der Waals surface area contributed by atoms with E-state index in [9.17, 15) is 9.90 Å². The number of nitrogens with zero attached hydrogens (tertiary/aromatic N) is 1. The number of hydrogen-bond acceptors (Lipinski definition) is 5. The lowest BCUT2D eigenvalue weighted by molar-refractivity contribution is -0.177. The van der Waals surface area contributed by atoms with Crippen LogP contribution in [0.25, 0.3) is 0 Å². The number of aliphatic hydroxyl groups is 1. The van der Waals surface area contributed by atoms with E-state index in [2.05, 4.69) is 30.6 Å². The van der Waals surface area contributed by atoms with Gasteiger partial charge in [0.15, 0.2) is 11.7 Å². The van der Waals surface area contributed by atoms with Crippen LogP contribution < -0.4 is 0 Å². The van der Waals surface area contributed by atoms with Crippen molar-refractivity contribution in [1.29, 1.82) is 0 Å². The van der Waals surface area contributed by atoms with Gasteiger partial charge in [0.25, 0.3) is 0 Å². The molecule has 0 aromatic carbocycles. The van der Waals surface area contributed by atoms with E-state index in [0.29, 0.717) is 11.4 Å². The summed E-state index contributed by atoms with van der Waals surface area (Å²) in [4.78, 5) is 15.8. The second-order valence-electron chi connectivity index (χ2n) is 6.91. The van der Waals surface area contributed by atoms with Crippen molar-refractivity contribution in [2.75, 3.05) is 19.6 Å². The molecule has 1 aliphatic carbocycles. The van der Waals surface area contributed by atoms with Crippen LogP contribution in [-0.4, -0.2) is 41.7 Å². The largest absolute Gasteiger partial charge is 0.447 e. The van der Waals surface area contributed by atoms with E-state index in [1.54, 1.807) is 6.92 Å². The third-order valence-corrected chi connectivity index (χ3v) is 6.18. The first kappa shape index (κ1) is 21.0. The van der Waals surface area contributed by atoms with E-state index in [1.807, 2.05) is 17.5 Å². The molecular formula is C21H31NO3S. The second-order valence-corrected chi connectivity index (χ2v) is 7.86. The molecule has 1 saturated carbocycles. The quantitative estimate of drug-likeness (QED) is 0.580. The van der Waals surface area contributed by atoms with Crippen LogP contribution in [0, 0.1) is 17.8 Å². The van der Waals surface area contributed by atoms with Crippen molar-refractivity contribution >= 4 is 17.3 Å². The lowest BCUT2D eigenvalue weighted by Gasteiger charge is -2.36. The Morgan fingerprint density at radius 2 is 2.08 bits per heavy atom. The highest BCUT2D eigenvalue weighted by Crippen LogP contribution is 2.42. The molecule has 1 fully saturated rings. The maximum Gasteiger partial charge on any atom is 0.345 e. The number of carbonyl (C=O) groups is 1. The average Bonchev–Trinajstić information content (AvgIpc) is 3.20. The summed E-state index contributed by atoms with van der Waals surface area (Å²) in [5.74, 6) is 5.42. The van der Waals surface area contributed by atoms with Gasteiger partial charge in [-0.25, -0.2) is 4.79 Å². The Hall–Kier alpha value is -1.35. The van der Waals surface area contributed by atoms with E-state index < -0.39 is 17.7 Å². The van der Waals surface area contributed by atoms with Crippen molar-refractivity contribution in [2.24, 2.45) is 5.92 Å². The Bertz CT molecular complexity index is 609. The van der Waals surface area contributed by atoms with Crippen LogP contribution in [0.2, 0.25) is 0 Å². The zero-order valence-corrected chi connectivity index (χ0v) is 17.0. The maximum atomic E-state index is 12.9. The molecule has 0 aliphatic heterocycles. The van der Waals surface area contributed by atoms with Gasteiger partial charge in [-0.1, -0.05) is 51.0 Å². The maximum absolute atomic E-state index is 12.9. The van der Waals surface area contributed by atoms with Gasteiger partial charge in [-0.2, -0.15) is 0 Å². The van der Waals surface area contributed by atoms with Crippen LogP contribution >= 0.6 is 11.3 Å². The molecule has 1 heterocycles. The Balaban J connectivity index is 2.08. The van der Waals surface area contributed by atoms with E-state index >= 15 is 0 Å². The zero-order chi connectivity index (χ0) is 19.0. The number of esters is 1. The normalized spacial score (nSPS) is 18.7. The first-order valence-electron chi connectivity index (χ1n) is 9.70. The highest BCUT2D eigenvalue weighted by atomic mass is 32.1. The smallest absolute Gasteiger partial charge is 0.345 e. The van der Waals surface area contributed by atoms with Gasteiger partial charge in [0, 0.05) is 10.8 Å². The topological polar surface area (TPSA) is 49.8 Å². The van der Waals surface area contributed by atoms with Gasteiger partial charge in [0.05, 0.1) is 6.54 Å². The fourth-order valence-corrected chi connectivity index (χ4v) is 4.40. The van der Waals surface area contributed by atoms with Crippen LogP contribution in [0.5, 0.6) is 0 Å². The Kier molecular flexibility index (Phi) is 8.15. The number of thiophene rings is 1. The van der Waals surface area contributed by atoms with Crippen molar-refractivity contribution in [3.05, 3.63) is 22.4 Å². The molecule has 1 N–H and O–H groups in total. The molecule has 1 aromatic rings. The third-order valence-electron chi connectivity index (χ3n) is 5.19. The molecule has 2 unspecified atom stereocenters. The molecule has 0 amide bonds. The Morgan fingerprint density at radius 3 is 2.65 bits per heavy atom. The number of rotatable bonds is 7. The Morgan fingerprint density at radius 1 is 1.38 bits per heavy atom. The molecular weight excluding hydrogens is 346 g/mol. The van der Waals surface area contributed by atoms with Crippen LogP contribution in [0.1, 0.15) is 57.8 Å². The van der Waals surface area contributed by atoms with Crippen molar-refractivity contribution in [2.45, 2.75) is 64.6 Å². The minimum absolute atomic E-state index is 0.0850. The molecule has 2 atom stereocenters. The molecule has 1 aromatic heterocycles. The SMILES string of the molecule is CCN(CC)CC#CC(C)OC(=O)C(O)(c1cccs1)C1CCCCC1. The van der Waals surface area contributed by atoms with Crippen molar-refractivity contribution in [3.8, 4) is 11.8 Å². The molecule has 0 bridgehead atoms. The summed E-state index contributed by atoms with van der Waals surface area (Å²) in [6.07, 6.45) is 4.43. The summed E-state index contributed by atoms with van der Waals surface area (Å²) in [7, 11) is 0. The van der Waals surface area contributed by atoms with Gasteiger partial charge in [-0.15, -0.1) is 11.3 Å². The van der Waals surface area contributed by atoms with E-state index in [1.165, 1.54) is 17.8 Å². The van der Waals surface area contributed by atoms with Gasteiger partial charge >= 0.3 is 5.97 Å². The van der Waals surface area contributed by atoms with Crippen molar-refractivity contribution in [1.82, 2.24) is 4.90 Å². The van der Waals surface area contributed by atoms with Crippen LogP contribution in [0.4, 0.5) is 0 Å². The van der Waals surface area contributed by atoms with E-state index in [0.717, 1.165) is 38.8 Å². The van der Waals surface area contributed by atoms with Gasteiger partial charge in [-0.05, 0) is 44.3 Å². The lowest BCUT2D eigenvalue weighted by Crippen LogP contribution is -2.45. The second kappa shape index (κ2) is 10.1. The third kappa shape index (κ3) is 5.09. The summed E-state index contributed by atoms with van der Waals surface area (Å²) < 4.78 is 5.57. The molecule has 5 heteroatoms. The lowest BCUT2D eigenvalue weighted by atomic mass is 9.76. The first-order chi connectivity index (χ1) is 12.5. The summed E-state index contributed by atoms with van der Waals surface area (Å²) in [6.45, 7) is 8.51. The van der Waals surface area contributed by atoms with Gasteiger partial charge in [0.2, 0.25) is 0 Å². The Labute approximate surface area is 161 Å². The van der Waals surface area contributed by atoms with Crippen LogP contribution in [0.3, 0.4) is 0 Å². The average molecular weight is 378 g/mol. The van der Waals surface area contributed by atoms with Gasteiger partial charge in [-0.3, -0.25) is 4.90 Å². The van der Waals surface area contributed by atoms with Crippen molar-refractivity contribution < 1.29 is 14.6 Å². The predicted molar refractivity (Wildman–Crippen MR) is 106 cm³/mol. The van der Waals surface area contributed by atoms with E-state index in [-0.39, 0.29) is 5.92 Å². The molecule has 0 spiro atoms. The molecule has 0 radical (unpaired) electrons. The number of ether oxygens (including phenoxy) is 1. The monoisotopic (exact) mass is 377 g/mol. The molecule has 144 valence electrons. The van der Waals surface area contributed by atoms with Gasteiger partial charge in [0.1, 0.15) is 0 Å². The minimum atomic E-state index is -1.55. The predicted octanol–water partition coefficient (Wildman–Crippen LogP) is 3.79. The summed E-state index contributed by atoms with van der Waals surface area (Å²) in [5, 5.41) is 13.3. The fourth-order valence-electron chi connectivity index (χ4n) is 3.51. The summed E-state index contributed by atoms with van der Waals surface area (Å²) in [5.41, 5.74) is -1.55. The minimum Gasteiger partial charge on any atom is -0.447 e. The van der Waals surface area contributed by atoms with E-state index in [4.69, 9.17) is 4.74 Å². The first-order valence-corrected chi connectivity index (χ1v) is 10.6. The van der Waals surface area contributed by atoms with Crippen molar-refractivity contribution in [3.63, 3.8) is 0 Å². The molecule has 4 nitrogen and oxygen atoms in total. The molecule has 2 rings (SSSR count).